The molecule has 1 aromatic heterocycles. The van der Waals surface area contributed by atoms with Crippen LogP contribution in [0, 0.1) is 6.92 Å². The lowest BCUT2D eigenvalue weighted by Crippen LogP contribution is -2.21. The molecule has 0 bridgehead atoms. The standard InChI is InChI=1S/C10H15BrN2O2/c1-6-2-3-8(12)13-9(6)10(15)7(14)4-5-11/h2-3,7,10,14-15H,4-5H2,1H3,(H2,12,13). The predicted octanol–water partition coefficient (Wildman–Crippen LogP) is 1.15. The Morgan fingerprint density at radius 2 is 2.13 bits per heavy atom. The summed E-state index contributed by atoms with van der Waals surface area (Å²) in [6, 6.07) is 3.45. The van der Waals surface area contributed by atoms with E-state index in [2.05, 4.69) is 20.9 Å². The average molecular weight is 275 g/mol. The zero-order valence-corrected chi connectivity index (χ0v) is 10.1. The van der Waals surface area contributed by atoms with Gasteiger partial charge in [0.1, 0.15) is 11.9 Å². The van der Waals surface area contributed by atoms with Gasteiger partial charge in [0, 0.05) is 5.33 Å². The molecule has 1 aromatic rings. The van der Waals surface area contributed by atoms with Crippen LogP contribution in [0.4, 0.5) is 5.82 Å². The van der Waals surface area contributed by atoms with E-state index < -0.39 is 12.2 Å². The Morgan fingerprint density at radius 3 is 2.73 bits per heavy atom. The molecule has 1 heterocycles. The normalized spacial score (nSPS) is 14.9. The maximum atomic E-state index is 9.84. The van der Waals surface area contributed by atoms with Crippen LogP contribution < -0.4 is 5.73 Å². The van der Waals surface area contributed by atoms with Crippen molar-refractivity contribution in [3.05, 3.63) is 23.4 Å². The maximum Gasteiger partial charge on any atom is 0.123 e. The Kier molecular flexibility index (Phi) is 4.50. The van der Waals surface area contributed by atoms with Crippen LogP contribution >= 0.6 is 15.9 Å². The highest BCUT2D eigenvalue weighted by Gasteiger charge is 2.20. The lowest BCUT2D eigenvalue weighted by Gasteiger charge is -2.18. The summed E-state index contributed by atoms with van der Waals surface area (Å²) in [7, 11) is 0. The number of alkyl halides is 1. The number of pyridine rings is 1. The molecular formula is C10H15BrN2O2. The van der Waals surface area contributed by atoms with Gasteiger partial charge in [0.25, 0.3) is 0 Å². The Hall–Kier alpha value is -0.650. The topological polar surface area (TPSA) is 79.4 Å². The first-order valence-corrected chi connectivity index (χ1v) is 5.83. The summed E-state index contributed by atoms with van der Waals surface area (Å²) in [5.74, 6) is 0.348. The van der Waals surface area contributed by atoms with Gasteiger partial charge < -0.3 is 15.9 Å². The van der Waals surface area contributed by atoms with Crippen molar-refractivity contribution < 1.29 is 10.2 Å². The Balaban J connectivity index is 2.89. The van der Waals surface area contributed by atoms with Crippen LogP contribution in [0.25, 0.3) is 0 Å². The van der Waals surface area contributed by atoms with Crippen molar-refractivity contribution in [1.82, 2.24) is 4.98 Å². The minimum absolute atomic E-state index is 0.348. The van der Waals surface area contributed by atoms with Crippen molar-refractivity contribution in [3.63, 3.8) is 0 Å². The minimum atomic E-state index is -0.981. The van der Waals surface area contributed by atoms with Gasteiger partial charge in [-0.3, -0.25) is 0 Å². The lowest BCUT2D eigenvalue weighted by molar-refractivity contribution is 0.0145. The third kappa shape index (κ3) is 3.15. The van der Waals surface area contributed by atoms with Gasteiger partial charge in [-0.05, 0) is 25.0 Å². The average Bonchev–Trinajstić information content (AvgIpc) is 2.21. The SMILES string of the molecule is Cc1ccc(N)nc1C(O)C(O)CCBr. The molecular weight excluding hydrogens is 260 g/mol. The van der Waals surface area contributed by atoms with Crippen molar-refractivity contribution >= 4 is 21.7 Å². The number of nitrogens with two attached hydrogens (primary N) is 1. The Labute approximate surface area is 97.3 Å². The number of nitrogens with zero attached hydrogens (tertiary/aromatic N) is 1. The first kappa shape index (κ1) is 12.4. The van der Waals surface area contributed by atoms with Crippen molar-refractivity contribution in [1.29, 1.82) is 0 Å². The van der Waals surface area contributed by atoms with E-state index in [-0.39, 0.29) is 0 Å². The number of anilines is 1. The fourth-order valence-corrected chi connectivity index (χ4v) is 1.78. The number of halogens is 1. The number of aliphatic hydroxyl groups excluding tert-OH is 2. The zero-order chi connectivity index (χ0) is 11.4. The molecule has 15 heavy (non-hydrogen) atoms. The molecule has 0 saturated heterocycles. The van der Waals surface area contributed by atoms with Gasteiger partial charge >= 0.3 is 0 Å². The highest BCUT2D eigenvalue weighted by atomic mass is 79.9. The minimum Gasteiger partial charge on any atom is -0.390 e. The molecule has 0 fully saturated rings. The molecule has 0 aromatic carbocycles. The summed E-state index contributed by atoms with van der Waals surface area (Å²) in [5.41, 5.74) is 6.80. The highest BCUT2D eigenvalue weighted by Crippen LogP contribution is 2.21. The quantitative estimate of drug-likeness (QED) is 0.720. The van der Waals surface area contributed by atoms with Crippen molar-refractivity contribution in [2.75, 3.05) is 11.1 Å². The van der Waals surface area contributed by atoms with Crippen molar-refractivity contribution in [2.24, 2.45) is 0 Å². The summed E-state index contributed by atoms with van der Waals surface area (Å²) >= 11 is 3.21. The summed E-state index contributed by atoms with van der Waals surface area (Å²) in [6.45, 7) is 1.83. The van der Waals surface area contributed by atoms with Crippen LogP contribution in [0.15, 0.2) is 12.1 Å². The smallest absolute Gasteiger partial charge is 0.123 e. The van der Waals surface area contributed by atoms with E-state index in [4.69, 9.17) is 5.73 Å². The van der Waals surface area contributed by atoms with E-state index in [1.165, 1.54) is 0 Å². The van der Waals surface area contributed by atoms with E-state index >= 15 is 0 Å². The molecule has 2 unspecified atom stereocenters. The largest absolute Gasteiger partial charge is 0.390 e. The number of rotatable bonds is 4. The molecule has 0 aliphatic carbocycles. The lowest BCUT2D eigenvalue weighted by atomic mass is 10.0. The maximum absolute atomic E-state index is 9.84. The van der Waals surface area contributed by atoms with Crippen LogP contribution in [0.2, 0.25) is 0 Å². The van der Waals surface area contributed by atoms with Crippen molar-refractivity contribution in [3.8, 4) is 0 Å². The van der Waals surface area contributed by atoms with Gasteiger partial charge in [-0.1, -0.05) is 22.0 Å². The van der Waals surface area contributed by atoms with Gasteiger partial charge in [0.15, 0.2) is 0 Å². The second kappa shape index (κ2) is 5.44. The van der Waals surface area contributed by atoms with E-state index in [0.717, 1.165) is 5.56 Å². The van der Waals surface area contributed by atoms with Crippen LogP contribution in [-0.2, 0) is 0 Å². The number of aliphatic hydroxyl groups is 2. The van der Waals surface area contributed by atoms with E-state index in [1.54, 1.807) is 12.1 Å². The number of aromatic nitrogens is 1. The Morgan fingerprint density at radius 1 is 1.47 bits per heavy atom. The van der Waals surface area contributed by atoms with Crippen LogP contribution in [-0.4, -0.2) is 26.6 Å². The first-order valence-electron chi connectivity index (χ1n) is 4.71. The van der Waals surface area contributed by atoms with Crippen LogP contribution in [0.1, 0.15) is 23.8 Å². The monoisotopic (exact) mass is 274 g/mol. The molecule has 1 rings (SSSR count). The van der Waals surface area contributed by atoms with E-state index in [0.29, 0.717) is 23.3 Å². The molecule has 2 atom stereocenters. The molecule has 4 N–H and O–H groups in total. The molecule has 0 spiro atoms. The third-order valence-corrected chi connectivity index (χ3v) is 2.66. The van der Waals surface area contributed by atoms with Crippen LogP contribution in [0.3, 0.4) is 0 Å². The van der Waals surface area contributed by atoms with Gasteiger partial charge in [-0.2, -0.15) is 0 Å². The molecule has 0 saturated carbocycles. The Bertz CT molecular complexity index is 333. The number of nitrogen functional groups attached to an aromatic ring is 1. The molecule has 0 aliphatic heterocycles. The first-order chi connectivity index (χ1) is 7.06. The number of hydrogen-bond acceptors (Lipinski definition) is 4. The van der Waals surface area contributed by atoms with Gasteiger partial charge in [-0.25, -0.2) is 4.98 Å². The fourth-order valence-electron chi connectivity index (χ4n) is 1.31. The summed E-state index contributed by atoms with van der Waals surface area (Å²) in [4.78, 5) is 4.03. The van der Waals surface area contributed by atoms with Gasteiger partial charge in [0.2, 0.25) is 0 Å². The zero-order valence-electron chi connectivity index (χ0n) is 8.52. The predicted molar refractivity (Wildman–Crippen MR) is 62.8 cm³/mol. The molecule has 5 heteroatoms. The number of hydrogen-bond donors (Lipinski definition) is 3. The van der Waals surface area contributed by atoms with Gasteiger partial charge in [0.05, 0.1) is 11.8 Å². The number of aryl methyl sites for hydroxylation is 1. The summed E-state index contributed by atoms with van der Waals surface area (Å²) in [5, 5.41) is 20.1. The second-order valence-corrected chi connectivity index (χ2v) is 4.22. The van der Waals surface area contributed by atoms with E-state index in [9.17, 15) is 10.2 Å². The van der Waals surface area contributed by atoms with Gasteiger partial charge in [-0.15, -0.1) is 0 Å². The van der Waals surface area contributed by atoms with E-state index in [1.807, 2.05) is 6.92 Å². The fraction of sp³-hybridized carbons (Fsp3) is 0.500. The highest BCUT2D eigenvalue weighted by molar-refractivity contribution is 9.09. The summed E-state index contributed by atoms with van der Waals surface area (Å²) < 4.78 is 0. The summed E-state index contributed by atoms with van der Waals surface area (Å²) in [6.07, 6.45) is -1.33. The molecule has 0 aliphatic rings. The van der Waals surface area contributed by atoms with Crippen LogP contribution in [0.5, 0.6) is 0 Å². The second-order valence-electron chi connectivity index (χ2n) is 3.43. The molecule has 0 radical (unpaired) electrons. The third-order valence-electron chi connectivity index (χ3n) is 2.21. The molecule has 4 nitrogen and oxygen atoms in total. The van der Waals surface area contributed by atoms with Crippen molar-refractivity contribution in [2.45, 2.75) is 25.6 Å². The molecule has 0 amide bonds. The molecule has 84 valence electrons.